The molecule has 0 radical (unpaired) electrons. The maximum Gasteiger partial charge on any atom is 0.255 e. The first kappa shape index (κ1) is 14.3. The van der Waals surface area contributed by atoms with E-state index in [-0.39, 0.29) is 5.91 Å². The van der Waals surface area contributed by atoms with Crippen LogP contribution < -0.4 is 15.4 Å². The predicted octanol–water partition coefficient (Wildman–Crippen LogP) is 3.60. The first-order valence-electron chi connectivity index (χ1n) is 6.73. The Kier molecular flexibility index (Phi) is 3.93. The number of benzene rings is 2. The smallest absolute Gasteiger partial charge is 0.255 e. The Morgan fingerprint density at radius 3 is 2.86 bits per heavy atom. The number of hydrogen-bond donors (Lipinski definition) is 2. The molecule has 0 bridgehead atoms. The van der Waals surface area contributed by atoms with E-state index in [1.807, 2.05) is 25.2 Å². The van der Waals surface area contributed by atoms with Gasteiger partial charge in [0.2, 0.25) is 0 Å². The van der Waals surface area contributed by atoms with Crippen molar-refractivity contribution in [1.29, 1.82) is 0 Å². The van der Waals surface area contributed by atoms with Gasteiger partial charge in [0.05, 0.1) is 17.3 Å². The summed E-state index contributed by atoms with van der Waals surface area (Å²) in [6.45, 7) is 0. The number of amides is 1. The molecule has 1 amide bonds. The molecule has 3 rings (SSSR count). The lowest BCUT2D eigenvalue weighted by molar-refractivity contribution is 0.102. The van der Waals surface area contributed by atoms with E-state index >= 15 is 0 Å². The summed E-state index contributed by atoms with van der Waals surface area (Å²) in [5.74, 6) is 0.487. The number of ether oxygens (including phenoxy) is 1. The van der Waals surface area contributed by atoms with E-state index in [4.69, 9.17) is 4.74 Å². The van der Waals surface area contributed by atoms with Crippen LogP contribution in [0.25, 0.3) is 10.2 Å². The van der Waals surface area contributed by atoms with Crippen molar-refractivity contribution >= 4 is 38.3 Å². The van der Waals surface area contributed by atoms with Crippen LogP contribution in [0.1, 0.15) is 10.4 Å². The van der Waals surface area contributed by atoms with Crippen molar-refractivity contribution in [2.75, 3.05) is 24.8 Å². The third-order valence-electron chi connectivity index (χ3n) is 3.19. The second-order valence-electron chi connectivity index (χ2n) is 4.64. The van der Waals surface area contributed by atoms with Gasteiger partial charge >= 0.3 is 0 Å². The molecule has 2 N–H and O–H groups in total. The topological polar surface area (TPSA) is 63.2 Å². The first-order valence-corrected chi connectivity index (χ1v) is 7.55. The number of rotatable bonds is 4. The van der Waals surface area contributed by atoms with Crippen molar-refractivity contribution in [2.24, 2.45) is 0 Å². The summed E-state index contributed by atoms with van der Waals surface area (Å²) in [6, 6.07) is 12.7. The highest BCUT2D eigenvalue weighted by molar-refractivity contribution is 7.22. The van der Waals surface area contributed by atoms with Gasteiger partial charge in [-0.15, -0.1) is 0 Å². The molecule has 6 heteroatoms. The Labute approximate surface area is 131 Å². The van der Waals surface area contributed by atoms with Crippen LogP contribution in [0.4, 0.5) is 10.8 Å². The summed E-state index contributed by atoms with van der Waals surface area (Å²) in [6.07, 6.45) is 0. The molecule has 2 aromatic carbocycles. The van der Waals surface area contributed by atoms with Gasteiger partial charge < -0.3 is 15.4 Å². The Morgan fingerprint density at radius 1 is 1.23 bits per heavy atom. The quantitative estimate of drug-likeness (QED) is 0.772. The molecule has 0 atom stereocenters. The summed E-state index contributed by atoms with van der Waals surface area (Å²) in [4.78, 5) is 16.7. The Bertz CT molecular complexity index is 829. The molecule has 0 aliphatic rings. The zero-order chi connectivity index (χ0) is 15.5. The van der Waals surface area contributed by atoms with Crippen molar-refractivity contribution in [2.45, 2.75) is 0 Å². The average molecular weight is 313 g/mol. The van der Waals surface area contributed by atoms with Crippen molar-refractivity contribution in [1.82, 2.24) is 4.98 Å². The number of carbonyl (C=O) groups excluding carboxylic acids is 1. The van der Waals surface area contributed by atoms with E-state index in [1.165, 1.54) is 0 Å². The molecular formula is C16H15N3O2S. The molecule has 1 heterocycles. The Morgan fingerprint density at radius 2 is 2.09 bits per heavy atom. The molecule has 5 nitrogen and oxygen atoms in total. The van der Waals surface area contributed by atoms with E-state index in [9.17, 15) is 4.79 Å². The fraction of sp³-hybridized carbons (Fsp3) is 0.125. The summed E-state index contributed by atoms with van der Waals surface area (Å²) in [5.41, 5.74) is 2.21. The van der Waals surface area contributed by atoms with Gasteiger partial charge in [0.1, 0.15) is 5.75 Å². The van der Waals surface area contributed by atoms with E-state index in [0.29, 0.717) is 11.3 Å². The number of anilines is 2. The lowest BCUT2D eigenvalue weighted by Gasteiger charge is -2.06. The first-order chi connectivity index (χ1) is 10.7. The van der Waals surface area contributed by atoms with Crippen LogP contribution in [0.15, 0.2) is 42.5 Å². The number of nitrogens with one attached hydrogen (secondary N) is 2. The zero-order valence-electron chi connectivity index (χ0n) is 12.2. The maximum atomic E-state index is 12.3. The zero-order valence-corrected chi connectivity index (χ0v) is 13.0. The van der Waals surface area contributed by atoms with Crippen molar-refractivity contribution in [3.8, 4) is 5.75 Å². The minimum Gasteiger partial charge on any atom is -0.497 e. The van der Waals surface area contributed by atoms with Crippen molar-refractivity contribution in [3.05, 3.63) is 48.0 Å². The molecule has 0 aliphatic heterocycles. The summed E-state index contributed by atoms with van der Waals surface area (Å²) >= 11 is 1.55. The minimum absolute atomic E-state index is 0.170. The number of fused-ring (bicyclic) bond motifs is 1. The fourth-order valence-electron chi connectivity index (χ4n) is 2.08. The van der Waals surface area contributed by atoms with Gasteiger partial charge in [0.15, 0.2) is 5.13 Å². The molecule has 112 valence electrons. The largest absolute Gasteiger partial charge is 0.497 e. The van der Waals surface area contributed by atoms with Crippen molar-refractivity contribution < 1.29 is 9.53 Å². The van der Waals surface area contributed by atoms with Gasteiger partial charge in [-0.3, -0.25) is 4.79 Å². The lowest BCUT2D eigenvalue weighted by Crippen LogP contribution is -2.11. The molecule has 0 unspecified atom stereocenters. The second-order valence-corrected chi connectivity index (χ2v) is 5.67. The van der Waals surface area contributed by atoms with Gasteiger partial charge in [-0.05, 0) is 36.4 Å². The van der Waals surface area contributed by atoms with Crippen LogP contribution in [0, 0.1) is 0 Å². The lowest BCUT2D eigenvalue weighted by atomic mass is 10.2. The molecule has 0 spiro atoms. The van der Waals surface area contributed by atoms with Crippen LogP contribution in [-0.4, -0.2) is 25.0 Å². The van der Waals surface area contributed by atoms with Crippen LogP contribution in [0.5, 0.6) is 5.75 Å². The van der Waals surface area contributed by atoms with Crippen LogP contribution in [-0.2, 0) is 0 Å². The second kappa shape index (κ2) is 6.03. The Balaban J connectivity index is 1.83. The molecule has 0 saturated carbocycles. The Hall–Kier alpha value is -2.60. The monoisotopic (exact) mass is 313 g/mol. The summed E-state index contributed by atoms with van der Waals surface area (Å²) in [5, 5.41) is 6.77. The summed E-state index contributed by atoms with van der Waals surface area (Å²) < 4.78 is 6.16. The van der Waals surface area contributed by atoms with Crippen molar-refractivity contribution in [3.63, 3.8) is 0 Å². The van der Waals surface area contributed by atoms with Crippen LogP contribution >= 0.6 is 11.3 Å². The highest BCUT2D eigenvalue weighted by Gasteiger charge is 2.09. The number of carbonyl (C=O) groups is 1. The van der Waals surface area contributed by atoms with Gasteiger partial charge in [-0.1, -0.05) is 17.4 Å². The molecular weight excluding hydrogens is 298 g/mol. The number of nitrogens with zero attached hydrogens (tertiary/aromatic N) is 1. The highest BCUT2D eigenvalue weighted by Crippen LogP contribution is 2.28. The molecule has 0 aliphatic carbocycles. The third kappa shape index (κ3) is 2.87. The van der Waals surface area contributed by atoms with E-state index in [2.05, 4.69) is 15.6 Å². The van der Waals surface area contributed by atoms with E-state index in [0.717, 1.165) is 21.0 Å². The van der Waals surface area contributed by atoms with E-state index in [1.54, 1.807) is 42.7 Å². The third-order valence-corrected chi connectivity index (χ3v) is 4.23. The maximum absolute atomic E-state index is 12.3. The van der Waals surface area contributed by atoms with Crippen LogP contribution in [0.2, 0.25) is 0 Å². The number of thiazole rings is 1. The molecule has 1 aromatic heterocycles. The number of hydrogen-bond acceptors (Lipinski definition) is 5. The molecule has 22 heavy (non-hydrogen) atoms. The number of aromatic nitrogens is 1. The van der Waals surface area contributed by atoms with Crippen LogP contribution in [0.3, 0.4) is 0 Å². The number of methoxy groups -OCH3 is 1. The SMILES string of the molecule is CNc1nc2ccc(NC(=O)c3cccc(OC)c3)cc2s1. The molecule has 0 fully saturated rings. The van der Waals surface area contributed by atoms with Gasteiger partial charge in [-0.25, -0.2) is 4.98 Å². The normalized spacial score (nSPS) is 10.5. The van der Waals surface area contributed by atoms with Gasteiger partial charge in [0.25, 0.3) is 5.91 Å². The average Bonchev–Trinajstić information content (AvgIpc) is 2.97. The fourth-order valence-corrected chi connectivity index (χ4v) is 2.94. The molecule has 3 aromatic rings. The summed E-state index contributed by atoms with van der Waals surface area (Å²) in [7, 11) is 3.41. The van der Waals surface area contributed by atoms with Gasteiger partial charge in [-0.2, -0.15) is 0 Å². The highest BCUT2D eigenvalue weighted by atomic mass is 32.1. The predicted molar refractivity (Wildman–Crippen MR) is 90.1 cm³/mol. The minimum atomic E-state index is -0.170. The standard InChI is InChI=1S/C16H15N3O2S/c1-17-16-19-13-7-6-11(9-14(13)22-16)18-15(20)10-4-3-5-12(8-10)21-2/h3-9H,1-2H3,(H,17,19)(H,18,20). The van der Waals surface area contributed by atoms with Gasteiger partial charge in [0, 0.05) is 18.3 Å². The molecule has 0 saturated heterocycles. The van der Waals surface area contributed by atoms with E-state index < -0.39 is 0 Å².